The number of rotatable bonds is 44. The Bertz CT molecular complexity index is 1660. The molecule has 8 nitrogen and oxygen atoms in total. The third-order valence-corrected chi connectivity index (χ3v) is 13.2. The molecule has 3 aromatic rings. The molecule has 0 aliphatic rings. The van der Waals surface area contributed by atoms with Crippen LogP contribution >= 0.6 is 0 Å². The Morgan fingerprint density at radius 2 is 0.544 bits per heavy atom. The molecule has 3 aromatic carbocycles. The van der Waals surface area contributed by atoms with E-state index in [1.807, 2.05) is 24.3 Å². The van der Waals surface area contributed by atoms with Crippen molar-refractivity contribution in [3.63, 3.8) is 0 Å². The van der Waals surface area contributed by atoms with Gasteiger partial charge in [-0.15, -0.1) is 0 Å². The second kappa shape index (κ2) is 41.7. The molecule has 0 saturated carbocycles. The van der Waals surface area contributed by atoms with Crippen LogP contribution in [0.1, 0.15) is 266 Å². The van der Waals surface area contributed by atoms with Gasteiger partial charge in [0, 0.05) is 11.1 Å². The van der Waals surface area contributed by atoms with Gasteiger partial charge in [-0.3, -0.25) is 20.4 Å². The second-order valence-corrected chi connectivity index (χ2v) is 19.4. The predicted octanol–water partition coefficient (Wildman–Crippen LogP) is 19.0. The first-order chi connectivity index (χ1) is 33.6. The van der Waals surface area contributed by atoms with Gasteiger partial charge in [-0.05, 0) is 85.6 Å². The number of unbranched alkanes of at least 4 members (excludes halogenated alkanes) is 34. The molecular formula is C60H96N4O4. The molecule has 0 saturated heterocycles. The lowest BCUT2D eigenvalue weighted by molar-refractivity contribution is 0.0846. The number of nitrogens with one attached hydrogen (secondary N) is 2. The summed E-state index contributed by atoms with van der Waals surface area (Å²) in [5.74, 6) is 0.750. The van der Waals surface area contributed by atoms with Crippen LogP contribution in [0.25, 0.3) is 0 Å². The zero-order chi connectivity index (χ0) is 48.2. The van der Waals surface area contributed by atoms with Crippen molar-refractivity contribution >= 4 is 23.2 Å². The van der Waals surface area contributed by atoms with Crippen LogP contribution in [-0.4, -0.2) is 25.0 Å². The summed E-state index contributed by atoms with van der Waals surface area (Å²) in [7, 11) is 0. The largest absolute Gasteiger partial charge is 0.494 e. The van der Waals surface area contributed by atoms with Gasteiger partial charge in [-0.2, -0.15) is 10.2 Å². The molecule has 0 unspecified atom stereocenters. The molecule has 0 aliphatic heterocycles. The number of nitrogens with zero attached hydrogens (tertiary/aromatic N) is 2. The fourth-order valence-electron chi connectivity index (χ4n) is 8.75. The lowest BCUT2D eigenvalue weighted by Gasteiger charge is -2.09. The van der Waals surface area contributed by atoms with Gasteiger partial charge >= 0.3 is 0 Å². The Morgan fingerprint density at radius 1 is 0.324 bits per heavy atom. The second-order valence-electron chi connectivity index (χ2n) is 19.4. The summed E-state index contributed by atoms with van der Waals surface area (Å²) in [5.41, 5.74) is 7.15. The van der Waals surface area contributed by atoms with Gasteiger partial charge in [-0.25, -0.2) is 0 Å². The molecule has 0 atom stereocenters. The third kappa shape index (κ3) is 31.0. The lowest BCUT2D eigenvalue weighted by Crippen LogP contribution is -2.41. The number of amides is 2. The van der Waals surface area contributed by atoms with Gasteiger partial charge in [0.15, 0.2) is 0 Å². The maximum Gasteiger partial charge on any atom is 0.269 e. The van der Waals surface area contributed by atoms with E-state index < -0.39 is 11.8 Å². The number of hydrogen-bond donors (Lipinski definition) is 2. The Hall–Kier alpha value is -4.20. The van der Waals surface area contributed by atoms with E-state index in [0.717, 1.165) is 36.6 Å². The summed E-state index contributed by atoms with van der Waals surface area (Å²) in [4.78, 5) is 25.4. The van der Waals surface area contributed by atoms with Crippen molar-refractivity contribution in [3.05, 3.63) is 83.9 Å². The molecule has 0 aromatic heterocycles. The molecule has 2 amide bonds. The zero-order valence-electron chi connectivity index (χ0n) is 43.3. The maximum absolute atomic E-state index is 12.7. The van der Waals surface area contributed by atoms with E-state index in [1.54, 1.807) is 48.5 Å². The monoisotopic (exact) mass is 937 g/mol. The molecule has 8 heteroatoms. The minimum atomic E-state index is -0.424. The molecule has 0 spiro atoms. The minimum absolute atomic E-state index is 0.392. The summed E-state index contributed by atoms with van der Waals surface area (Å²) in [6.07, 6.45) is 49.1. The van der Waals surface area contributed by atoms with E-state index in [2.05, 4.69) is 34.9 Å². The van der Waals surface area contributed by atoms with Crippen molar-refractivity contribution in [2.45, 2.75) is 245 Å². The predicted molar refractivity (Wildman–Crippen MR) is 287 cm³/mol. The first kappa shape index (κ1) is 58.1. The first-order valence-corrected chi connectivity index (χ1v) is 28.2. The van der Waals surface area contributed by atoms with Crippen molar-refractivity contribution in [3.8, 4) is 11.5 Å². The van der Waals surface area contributed by atoms with Crippen molar-refractivity contribution < 1.29 is 19.1 Å². The van der Waals surface area contributed by atoms with Gasteiger partial charge in [0.05, 0.1) is 24.6 Å². The quantitative estimate of drug-likeness (QED) is 0.0335. The van der Waals surface area contributed by atoms with Crippen molar-refractivity contribution in [2.75, 3.05) is 13.2 Å². The summed E-state index contributed by atoms with van der Waals surface area (Å²) >= 11 is 0. The molecule has 0 fully saturated rings. The van der Waals surface area contributed by atoms with Crippen molar-refractivity contribution in [1.29, 1.82) is 0 Å². The number of hydrogen-bond acceptors (Lipinski definition) is 6. The summed E-state index contributed by atoms with van der Waals surface area (Å²) < 4.78 is 11.9. The normalized spacial score (nSPS) is 11.3. The van der Waals surface area contributed by atoms with E-state index >= 15 is 0 Å². The molecular weight excluding hydrogens is 841 g/mol. The van der Waals surface area contributed by atoms with Gasteiger partial charge in [-0.1, -0.05) is 232 Å². The highest BCUT2D eigenvalue weighted by Gasteiger charge is 2.10. The van der Waals surface area contributed by atoms with Crippen LogP contribution in [0.15, 0.2) is 83.0 Å². The van der Waals surface area contributed by atoms with Gasteiger partial charge < -0.3 is 9.47 Å². The highest BCUT2D eigenvalue weighted by Crippen LogP contribution is 2.23. The molecule has 0 aliphatic carbocycles. The summed E-state index contributed by atoms with van der Waals surface area (Å²) in [6, 6.07) is 21.4. The topological polar surface area (TPSA) is 101 Å². The number of hydrazine groups is 1. The van der Waals surface area contributed by atoms with E-state index in [1.165, 1.54) is 218 Å². The van der Waals surface area contributed by atoms with Crippen LogP contribution in [0.2, 0.25) is 0 Å². The van der Waals surface area contributed by atoms with Crippen molar-refractivity contribution in [1.82, 2.24) is 10.9 Å². The molecule has 3 rings (SSSR count). The van der Waals surface area contributed by atoms with Crippen LogP contribution in [0.4, 0.5) is 11.4 Å². The van der Waals surface area contributed by atoms with Crippen LogP contribution in [0, 0.1) is 0 Å². The smallest absolute Gasteiger partial charge is 0.269 e. The van der Waals surface area contributed by atoms with Crippen LogP contribution < -0.4 is 20.3 Å². The van der Waals surface area contributed by atoms with Gasteiger partial charge in [0.25, 0.3) is 11.8 Å². The lowest BCUT2D eigenvalue weighted by atomic mass is 10.0. The van der Waals surface area contributed by atoms with Crippen LogP contribution in [0.3, 0.4) is 0 Å². The average Bonchev–Trinajstić information content (AvgIpc) is 3.37. The number of carbonyl (C=O) groups excluding carboxylic acids is 2. The Kier molecular flexibility index (Phi) is 35.7. The number of azo groups is 1. The molecule has 0 bridgehead atoms. The highest BCUT2D eigenvalue weighted by atomic mass is 16.5. The SMILES string of the molecule is CCCCCCCCCCCCCCCCCCCCOc1ccc(N=Nc2ccc(C(=O)NNC(=O)c3ccc(OCCCCCCCCCCCCCCCCCCCC)cc3)cc2)cc1. The number of carbonyl (C=O) groups is 2. The molecule has 0 radical (unpaired) electrons. The molecule has 68 heavy (non-hydrogen) atoms. The maximum atomic E-state index is 12.7. The van der Waals surface area contributed by atoms with E-state index in [4.69, 9.17) is 9.47 Å². The fraction of sp³-hybridized carbons (Fsp3) is 0.667. The summed E-state index contributed by atoms with van der Waals surface area (Å²) in [5, 5.41) is 8.65. The molecule has 2 N–H and O–H groups in total. The molecule has 380 valence electrons. The fourth-order valence-corrected chi connectivity index (χ4v) is 8.75. The van der Waals surface area contributed by atoms with Gasteiger partial charge in [0.1, 0.15) is 11.5 Å². The molecule has 0 heterocycles. The zero-order valence-corrected chi connectivity index (χ0v) is 43.3. The summed E-state index contributed by atoms with van der Waals surface area (Å²) in [6.45, 7) is 5.97. The van der Waals surface area contributed by atoms with Crippen LogP contribution in [0.5, 0.6) is 11.5 Å². The van der Waals surface area contributed by atoms with E-state index in [-0.39, 0.29) is 0 Å². The average molecular weight is 937 g/mol. The third-order valence-electron chi connectivity index (χ3n) is 13.2. The minimum Gasteiger partial charge on any atom is -0.494 e. The number of benzene rings is 3. The Morgan fingerprint density at radius 3 is 0.824 bits per heavy atom. The van der Waals surface area contributed by atoms with E-state index in [9.17, 15) is 9.59 Å². The Labute approximate surface area is 415 Å². The van der Waals surface area contributed by atoms with E-state index in [0.29, 0.717) is 23.4 Å². The highest BCUT2D eigenvalue weighted by molar-refractivity contribution is 5.99. The Balaban J connectivity index is 1.14. The van der Waals surface area contributed by atoms with Crippen LogP contribution in [-0.2, 0) is 0 Å². The first-order valence-electron chi connectivity index (χ1n) is 28.2. The van der Waals surface area contributed by atoms with Gasteiger partial charge in [0.2, 0.25) is 0 Å². The standard InChI is InChI=1S/C60H96N4O4/c1-3-5-7-9-11-13-15-17-19-21-23-25-27-29-31-33-35-37-51-67-57-47-41-54(42-48-57)60(66)64-63-59(65)53-39-43-55(44-40-53)61-62-56-45-49-58(50-46-56)68-52-38-36-34-32-30-28-26-24-22-20-18-16-14-12-10-8-6-4-2/h39-50H,3-38,51-52H2,1-2H3,(H,63,65)(H,64,66). The number of ether oxygens (including phenoxy) is 2. The van der Waals surface area contributed by atoms with Crippen molar-refractivity contribution in [2.24, 2.45) is 10.2 Å².